The fourth-order valence-electron chi connectivity index (χ4n) is 4.04. The Bertz CT molecular complexity index is 1040. The molecule has 1 saturated carbocycles. The number of nitrogens with zero attached hydrogens (tertiary/aromatic N) is 3. The van der Waals surface area contributed by atoms with Gasteiger partial charge in [-0.3, -0.25) is 5.10 Å². The maximum absolute atomic E-state index is 9.80. The predicted octanol–water partition coefficient (Wildman–Crippen LogP) is 5.28. The van der Waals surface area contributed by atoms with Gasteiger partial charge in [0.05, 0.1) is 12.3 Å². The van der Waals surface area contributed by atoms with Crippen LogP contribution in [-0.2, 0) is 0 Å². The topological polar surface area (TPSA) is 98.8 Å². The first-order chi connectivity index (χ1) is 14.4. The van der Waals surface area contributed by atoms with Crippen molar-refractivity contribution in [3.8, 4) is 0 Å². The van der Waals surface area contributed by atoms with Crippen LogP contribution in [0.5, 0.6) is 0 Å². The first-order valence-corrected chi connectivity index (χ1v) is 10.6. The first-order valence-electron chi connectivity index (χ1n) is 10.3. The molecule has 4 N–H and O–H groups in total. The molecule has 0 amide bonds. The smallest absolute Gasteiger partial charge is 0.229 e. The van der Waals surface area contributed by atoms with Gasteiger partial charge in [-0.05, 0) is 75.1 Å². The zero-order chi connectivity index (χ0) is 21.3. The SMILES string of the molecule is Cc1cc(Nc2nc(Nc3cc(C)c(C4CCC(O)CC4)cc3C)ncc2Cl)n[nH]1. The maximum atomic E-state index is 9.80. The molecule has 7 nitrogen and oxygen atoms in total. The maximum Gasteiger partial charge on any atom is 0.229 e. The third-order valence-corrected chi connectivity index (χ3v) is 5.97. The van der Waals surface area contributed by atoms with Gasteiger partial charge in [0.25, 0.3) is 0 Å². The molecule has 3 aromatic rings. The van der Waals surface area contributed by atoms with E-state index in [1.807, 2.05) is 13.0 Å². The molecule has 4 rings (SSSR count). The van der Waals surface area contributed by atoms with Gasteiger partial charge in [-0.2, -0.15) is 10.1 Å². The Morgan fingerprint density at radius 2 is 1.80 bits per heavy atom. The van der Waals surface area contributed by atoms with Gasteiger partial charge in [0, 0.05) is 17.4 Å². The number of benzene rings is 1. The van der Waals surface area contributed by atoms with Crippen LogP contribution < -0.4 is 10.6 Å². The van der Waals surface area contributed by atoms with Crippen LogP contribution in [0.25, 0.3) is 0 Å². The van der Waals surface area contributed by atoms with Crippen LogP contribution in [0.4, 0.5) is 23.3 Å². The van der Waals surface area contributed by atoms with Crippen LogP contribution in [-0.4, -0.2) is 31.4 Å². The van der Waals surface area contributed by atoms with Gasteiger partial charge < -0.3 is 15.7 Å². The number of aliphatic hydroxyl groups excluding tert-OH is 1. The molecule has 2 heterocycles. The Labute approximate surface area is 181 Å². The molecule has 1 aliphatic carbocycles. The summed E-state index contributed by atoms with van der Waals surface area (Å²) in [5.41, 5.74) is 5.66. The number of aromatic amines is 1. The van der Waals surface area contributed by atoms with Crippen molar-refractivity contribution in [1.82, 2.24) is 20.2 Å². The molecule has 1 fully saturated rings. The standard InChI is InChI=1S/C22H27ClN6O/c1-12-9-19(13(2)8-17(12)15-4-6-16(30)7-5-15)25-22-24-11-18(23)21(27-22)26-20-10-14(3)28-29-20/h8-11,15-16,30H,4-7H2,1-3H3,(H3,24,25,26,27,28,29). The molecule has 8 heteroatoms. The van der Waals surface area contributed by atoms with Crippen LogP contribution in [0.2, 0.25) is 5.02 Å². The number of nitrogens with one attached hydrogen (secondary N) is 3. The fraction of sp³-hybridized carbons (Fsp3) is 0.409. The minimum atomic E-state index is -0.140. The van der Waals surface area contributed by atoms with Crippen molar-refractivity contribution in [2.45, 2.75) is 58.5 Å². The minimum Gasteiger partial charge on any atom is -0.393 e. The normalized spacial score (nSPS) is 19.0. The van der Waals surface area contributed by atoms with Crippen molar-refractivity contribution in [3.05, 3.63) is 51.8 Å². The van der Waals surface area contributed by atoms with Crippen molar-refractivity contribution in [2.24, 2.45) is 0 Å². The van der Waals surface area contributed by atoms with Crippen molar-refractivity contribution in [1.29, 1.82) is 0 Å². The Balaban J connectivity index is 1.54. The number of H-pyrrole nitrogens is 1. The lowest BCUT2D eigenvalue weighted by Crippen LogP contribution is -2.17. The van der Waals surface area contributed by atoms with E-state index in [-0.39, 0.29) is 6.10 Å². The summed E-state index contributed by atoms with van der Waals surface area (Å²) in [6, 6.07) is 6.28. The van der Waals surface area contributed by atoms with E-state index in [1.54, 1.807) is 6.20 Å². The number of halogens is 1. The second-order valence-electron chi connectivity index (χ2n) is 8.11. The van der Waals surface area contributed by atoms with Crippen molar-refractivity contribution in [2.75, 3.05) is 10.6 Å². The summed E-state index contributed by atoms with van der Waals surface area (Å²) in [4.78, 5) is 8.84. The molecular formula is C22H27ClN6O. The molecule has 158 valence electrons. The van der Waals surface area contributed by atoms with Crippen LogP contribution in [0.3, 0.4) is 0 Å². The van der Waals surface area contributed by atoms with E-state index in [0.29, 0.717) is 28.5 Å². The van der Waals surface area contributed by atoms with Gasteiger partial charge in [-0.25, -0.2) is 4.98 Å². The van der Waals surface area contributed by atoms with Gasteiger partial charge >= 0.3 is 0 Å². The summed E-state index contributed by atoms with van der Waals surface area (Å²) < 4.78 is 0. The van der Waals surface area contributed by atoms with E-state index in [4.69, 9.17) is 11.6 Å². The highest BCUT2D eigenvalue weighted by molar-refractivity contribution is 6.32. The number of aliphatic hydroxyl groups is 1. The summed E-state index contributed by atoms with van der Waals surface area (Å²) in [7, 11) is 0. The van der Waals surface area contributed by atoms with Gasteiger partial charge in [-0.1, -0.05) is 17.7 Å². The average molecular weight is 427 g/mol. The third-order valence-electron chi connectivity index (χ3n) is 5.69. The monoisotopic (exact) mass is 426 g/mol. The van der Waals surface area contributed by atoms with Crippen LogP contribution in [0, 0.1) is 20.8 Å². The molecule has 1 aliphatic rings. The van der Waals surface area contributed by atoms with Crippen LogP contribution in [0.15, 0.2) is 24.4 Å². The molecular weight excluding hydrogens is 400 g/mol. The largest absolute Gasteiger partial charge is 0.393 e. The molecule has 0 unspecified atom stereocenters. The van der Waals surface area contributed by atoms with E-state index < -0.39 is 0 Å². The first kappa shape index (κ1) is 20.6. The molecule has 30 heavy (non-hydrogen) atoms. The molecule has 1 aromatic carbocycles. The molecule has 0 spiro atoms. The van der Waals surface area contributed by atoms with Crippen LogP contribution >= 0.6 is 11.6 Å². The molecule has 2 aromatic heterocycles. The zero-order valence-electron chi connectivity index (χ0n) is 17.5. The van der Waals surface area contributed by atoms with E-state index >= 15 is 0 Å². The molecule has 0 saturated heterocycles. The van der Waals surface area contributed by atoms with E-state index in [1.165, 1.54) is 11.1 Å². The Kier molecular flexibility index (Phi) is 5.92. The Hall–Kier alpha value is -2.64. The summed E-state index contributed by atoms with van der Waals surface area (Å²) in [6.45, 7) is 6.15. The highest BCUT2D eigenvalue weighted by Crippen LogP contribution is 2.37. The second kappa shape index (κ2) is 8.62. The van der Waals surface area contributed by atoms with Gasteiger partial charge in [0.1, 0.15) is 5.02 Å². The number of anilines is 4. The number of hydrogen-bond acceptors (Lipinski definition) is 6. The summed E-state index contributed by atoms with van der Waals surface area (Å²) in [5.74, 6) is 2.12. The summed E-state index contributed by atoms with van der Waals surface area (Å²) in [5, 5.41) is 23.7. The van der Waals surface area contributed by atoms with Gasteiger partial charge in [-0.15, -0.1) is 0 Å². The fourth-order valence-corrected chi connectivity index (χ4v) is 4.18. The van der Waals surface area contributed by atoms with Gasteiger partial charge in [0.15, 0.2) is 11.6 Å². The van der Waals surface area contributed by atoms with E-state index in [9.17, 15) is 5.11 Å². The van der Waals surface area contributed by atoms with E-state index in [0.717, 1.165) is 42.6 Å². The van der Waals surface area contributed by atoms with Crippen molar-refractivity contribution in [3.63, 3.8) is 0 Å². The minimum absolute atomic E-state index is 0.140. The highest BCUT2D eigenvalue weighted by atomic mass is 35.5. The number of aromatic nitrogens is 4. The second-order valence-corrected chi connectivity index (χ2v) is 8.51. The van der Waals surface area contributed by atoms with E-state index in [2.05, 4.69) is 56.8 Å². The third kappa shape index (κ3) is 4.57. The molecule has 0 aliphatic heterocycles. The molecule has 0 bridgehead atoms. The zero-order valence-corrected chi connectivity index (χ0v) is 18.2. The molecule has 0 radical (unpaired) electrons. The lowest BCUT2D eigenvalue weighted by Gasteiger charge is -2.27. The van der Waals surface area contributed by atoms with Crippen LogP contribution in [0.1, 0.15) is 54.0 Å². The highest BCUT2D eigenvalue weighted by Gasteiger charge is 2.22. The lowest BCUT2D eigenvalue weighted by molar-refractivity contribution is 0.122. The van der Waals surface area contributed by atoms with Crippen molar-refractivity contribution < 1.29 is 5.11 Å². The predicted molar refractivity (Wildman–Crippen MR) is 120 cm³/mol. The van der Waals surface area contributed by atoms with Crippen molar-refractivity contribution >= 4 is 34.9 Å². The number of hydrogen-bond donors (Lipinski definition) is 4. The Morgan fingerprint density at radius 1 is 1.03 bits per heavy atom. The number of aryl methyl sites for hydroxylation is 3. The summed E-state index contributed by atoms with van der Waals surface area (Å²) >= 11 is 6.26. The summed E-state index contributed by atoms with van der Waals surface area (Å²) in [6.07, 6.45) is 5.27. The lowest BCUT2D eigenvalue weighted by atomic mass is 9.80. The molecule has 0 atom stereocenters. The average Bonchev–Trinajstić information content (AvgIpc) is 3.12. The quantitative estimate of drug-likeness (QED) is 0.442. The number of rotatable bonds is 5. The Morgan fingerprint density at radius 3 is 2.50 bits per heavy atom. The van der Waals surface area contributed by atoms with Gasteiger partial charge in [0.2, 0.25) is 5.95 Å².